The number of carbonyl (C=O) groups is 2. The fourth-order valence-corrected chi connectivity index (χ4v) is 2.97. The summed E-state index contributed by atoms with van der Waals surface area (Å²) < 4.78 is 33.4. The Bertz CT molecular complexity index is 921. The van der Waals surface area contributed by atoms with Gasteiger partial charge in [-0.2, -0.15) is 0 Å². The summed E-state index contributed by atoms with van der Waals surface area (Å²) in [6, 6.07) is 8.14. The molecule has 22 heavy (non-hydrogen) atoms. The monoisotopic (exact) mass is 325 g/mol. The number of nitrogen functional groups attached to an aromatic ring is 1. The first-order valence-electron chi connectivity index (χ1n) is 5.88. The molecule has 1 aliphatic rings. The van der Waals surface area contributed by atoms with Crippen LogP contribution in [0.1, 0.15) is 31.8 Å². The molecular weight excluding hydrogens is 317 g/mol. The predicted octanol–water partition coefficient (Wildman–Crippen LogP) is -2.05. The van der Waals surface area contributed by atoms with E-state index in [9.17, 15) is 22.6 Å². The minimum Gasteiger partial charge on any atom is -0.744 e. The first-order valence-corrected chi connectivity index (χ1v) is 7.29. The Kier molecular flexibility index (Phi) is 4.29. The number of benzene rings is 2. The van der Waals surface area contributed by atoms with Crippen LogP contribution in [-0.2, 0) is 10.1 Å². The normalized spacial score (nSPS) is 13.1. The van der Waals surface area contributed by atoms with Gasteiger partial charge in [-0.05, 0) is 12.1 Å². The largest absolute Gasteiger partial charge is 1.00 e. The molecule has 0 aliphatic heterocycles. The molecule has 1 aliphatic carbocycles. The van der Waals surface area contributed by atoms with Crippen LogP contribution in [-0.4, -0.2) is 24.5 Å². The zero-order chi connectivity index (χ0) is 15.4. The zero-order valence-corrected chi connectivity index (χ0v) is 14.3. The molecule has 0 heterocycles. The van der Waals surface area contributed by atoms with Gasteiger partial charge in [0.1, 0.15) is 10.1 Å². The Morgan fingerprint density at radius 3 is 1.77 bits per heavy atom. The van der Waals surface area contributed by atoms with Gasteiger partial charge >= 0.3 is 29.6 Å². The van der Waals surface area contributed by atoms with Crippen LogP contribution in [0.25, 0.3) is 0 Å². The summed E-state index contributed by atoms with van der Waals surface area (Å²) >= 11 is 0. The quantitative estimate of drug-likeness (QED) is 0.313. The van der Waals surface area contributed by atoms with Gasteiger partial charge in [0, 0.05) is 27.9 Å². The van der Waals surface area contributed by atoms with Crippen LogP contribution in [0.5, 0.6) is 0 Å². The van der Waals surface area contributed by atoms with Crippen molar-refractivity contribution in [2.75, 3.05) is 5.73 Å². The molecule has 2 N–H and O–H groups in total. The van der Waals surface area contributed by atoms with Gasteiger partial charge in [0.05, 0.1) is 4.90 Å². The van der Waals surface area contributed by atoms with Gasteiger partial charge in [0.2, 0.25) is 0 Å². The van der Waals surface area contributed by atoms with Gasteiger partial charge in [-0.1, -0.05) is 24.3 Å². The van der Waals surface area contributed by atoms with Crippen LogP contribution in [0.15, 0.2) is 41.3 Å². The molecule has 2 aromatic carbocycles. The van der Waals surface area contributed by atoms with Gasteiger partial charge in [-0.25, -0.2) is 8.42 Å². The third kappa shape index (κ3) is 2.51. The molecule has 0 radical (unpaired) electrons. The maximum absolute atomic E-state index is 12.4. The third-order valence-electron chi connectivity index (χ3n) is 3.32. The summed E-state index contributed by atoms with van der Waals surface area (Å²) in [5.41, 5.74) is 5.46. The van der Waals surface area contributed by atoms with Crippen LogP contribution in [0.3, 0.4) is 0 Å². The Morgan fingerprint density at radius 2 is 1.32 bits per heavy atom. The molecular formula is C14H8NNaO5S. The van der Waals surface area contributed by atoms with Crippen LogP contribution >= 0.6 is 0 Å². The molecule has 0 unspecified atom stereocenters. The van der Waals surface area contributed by atoms with Gasteiger partial charge < -0.3 is 10.3 Å². The number of nitrogens with two attached hydrogens (primary N) is 1. The van der Waals surface area contributed by atoms with Gasteiger partial charge in [0.15, 0.2) is 11.6 Å². The van der Waals surface area contributed by atoms with Gasteiger partial charge in [-0.3, -0.25) is 9.59 Å². The smallest absolute Gasteiger partial charge is 0.744 e. The first kappa shape index (κ1) is 16.9. The second-order valence-electron chi connectivity index (χ2n) is 4.59. The minimum atomic E-state index is -4.82. The maximum Gasteiger partial charge on any atom is 1.00 e. The first-order chi connectivity index (χ1) is 9.80. The average molecular weight is 325 g/mol. The second-order valence-corrected chi connectivity index (χ2v) is 5.94. The SMILES string of the molecule is Nc1cc2c(cc1S(=O)(=O)[O-])C(=O)c1ccccc1C2=O.[Na+]. The van der Waals surface area contributed by atoms with E-state index in [1.807, 2.05) is 0 Å². The Morgan fingerprint density at radius 1 is 0.864 bits per heavy atom. The number of fused-ring (bicyclic) bond motifs is 2. The number of hydrogen-bond acceptors (Lipinski definition) is 6. The van der Waals surface area contributed by atoms with Crippen LogP contribution in [0.2, 0.25) is 0 Å². The molecule has 0 saturated heterocycles. The molecule has 6 nitrogen and oxygen atoms in total. The van der Waals surface area contributed by atoms with E-state index in [4.69, 9.17) is 5.73 Å². The minimum absolute atomic E-state index is 0. The molecule has 2 aromatic rings. The number of anilines is 1. The van der Waals surface area contributed by atoms with E-state index in [2.05, 4.69) is 0 Å². The Balaban J connectivity index is 0.00000176. The van der Waals surface area contributed by atoms with Crippen LogP contribution < -0.4 is 35.3 Å². The summed E-state index contributed by atoms with van der Waals surface area (Å²) in [7, 11) is -4.82. The summed E-state index contributed by atoms with van der Waals surface area (Å²) in [5, 5.41) is 0. The van der Waals surface area contributed by atoms with Crippen molar-refractivity contribution in [2.24, 2.45) is 0 Å². The van der Waals surface area contributed by atoms with E-state index in [0.29, 0.717) is 0 Å². The fourth-order valence-electron chi connectivity index (χ4n) is 2.36. The van der Waals surface area contributed by atoms with Crippen molar-refractivity contribution in [2.45, 2.75) is 4.90 Å². The second kappa shape index (κ2) is 5.60. The van der Waals surface area contributed by atoms with Gasteiger partial charge in [0.25, 0.3) is 0 Å². The summed E-state index contributed by atoms with van der Waals surface area (Å²) in [6.45, 7) is 0. The van der Waals surface area contributed by atoms with Crippen molar-refractivity contribution in [3.05, 3.63) is 58.7 Å². The average Bonchev–Trinajstić information content (AvgIpc) is 2.43. The fraction of sp³-hybridized carbons (Fsp3) is 0. The number of carbonyl (C=O) groups excluding carboxylic acids is 2. The van der Waals surface area contributed by atoms with Crippen molar-refractivity contribution in [3.8, 4) is 0 Å². The Hall–Kier alpha value is -1.51. The Labute approximate surface area is 148 Å². The maximum atomic E-state index is 12.4. The van der Waals surface area contributed by atoms with Crippen molar-refractivity contribution < 1.29 is 52.1 Å². The molecule has 0 atom stereocenters. The summed E-state index contributed by atoms with van der Waals surface area (Å²) in [4.78, 5) is 24.0. The van der Waals surface area contributed by atoms with E-state index in [0.717, 1.165) is 12.1 Å². The molecule has 0 amide bonds. The van der Waals surface area contributed by atoms with Crippen molar-refractivity contribution in [3.63, 3.8) is 0 Å². The molecule has 3 rings (SSSR count). The summed E-state index contributed by atoms with van der Waals surface area (Å²) in [6.07, 6.45) is 0. The van der Waals surface area contributed by atoms with Crippen molar-refractivity contribution >= 4 is 27.4 Å². The predicted molar refractivity (Wildman–Crippen MR) is 72.1 cm³/mol. The molecule has 0 aromatic heterocycles. The third-order valence-corrected chi connectivity index (χ3v) is 4.22. The van der Waals surface area contributed by atoms with E-state index in [1.54, 1.807) is 12.1 Å². The topological polar surface area (TPSA) is 117 Å². The van der Waals surface area contributed by atoms with E-state index < -0.39 is 26.6 Å². The van der Waals surface area contributed by atoms with Crippen molar-refractivity contribution in [1.82, 2.24) is 0 Å². The van der Waals surface area contributed by atoms with Gasteiger partial charge in [-0.15, -0.1) is 0 Å². The number of rotatable bonds is 1. The van der Waals surface area contributed by atoms with Crippen LogP contribution in [0, 0.1) is 0 Å². The van der Waals surface area contributed by atoms with E-state index in [-0.39, 0.29) is 57.5 Å². The zero-order valence-electron chi connectivity index (χ0n) is 11.5. The molecule has 0 fully saturated rings. The number of ketones is 2. The van der Waals surface area contributed by atoms with Crippen LogP contribution in [0.4, 0.5) is 5.69 Å². The molecule has 8 heteroatoms. The molecule has 0 bridgehead atoms. The molecule has 0 saturated carbocycles. The van der Waals surface area contributed by atoms with E-state index >= 15 is 0 Å². The molecule has 106 valence electrons. The van der Waals surface area contributed by atoms with E-state index in [1.165, 1.54) is 12.1 Å². The summed E-state index contributed by atoms with van der Waals surface area (Å²) in [5.74, 6) is -0.938. The molecule has 0 spiro atoms. The number of hydrogen-bond donors (Lipinski definition) is 1. The standard InChI is InChI=1S/C14H9NO5S.Na/c15-11-5-9-10(6-12(11)21(18,19)20)14(17)8-4-2-1-3-7(8)13(9)16;/h1-6H,15H2,(H,18,19,20);/q;+1/p-1. The van der Waals surface area contributed by atoms with Crippen molar-refractivity contribution in [1.29, 1.82) is 0 Å².